The van der Waals surface area contributed by atoms with Crippen molar-refractivity contribution >= 4 is 52.1 Å². The molecule has 4 rings (SSSR count). The van der Waals surface area contributed by atoms with Crippen LogP contribution in [-0.4, -0.2) is 53.5 Å². The summed E-state index contributed by atoms with van der Waals surface area (Å²) >= 11 is 2.11. The molecule has 0 radical (unpaired) electrons. The molecule has 0 aromatic carbocycles. The van der Waals surface area contributed by atoms with Crippen LogP contribution in [0.5, 0.6) is 0 Å². The van der Waals surface area contributed by atoms with E-state index in [2.05, 4.69) is 62.8 Å². The number of nitrogens with zero attached hydrogens (tertiary/aromatic N) is 7. The van der Waals surface area contributed by atoms with Gasteiger partial charge in [-0.1, -0.05) is 0 Å². The number of carbonyl (C=O) groups is 1. The fraction of sp³-hybridized carbons (Fsp3) is 0.182. The summed E-state index contributed by atoms with van der Waals surface area (Å²) in [4.78, 5) is 42.7. The van der Waals surface area contributed by atoms with Gasteiger partial charge in [-0.25, -0.2) is 34.9 Å². The summed E-state index contributed by atoms with van der Waals surface area (Å²) in [5.41, 5.74) is 3.27. The average molecular weight is 567 g/mol. The quantitative estimate of drug-likeness (QED) is 0.140. The molecule has 9 nitrogen and oxygen atoms in total. The lowest BCUT2D eigenvalue weighted by Crippen LogP contribution is -2.38. The molecule has 11 heteroatoms. The van der Waals surface area contributed by atoms with Crippen molar-refractivity contribution in [2.75, 3.05) is 12.7 Å². The average Bonchev–Trinajstić information content (AvgIpc) is 2.88. The minimum absolute atomic E-state index is 0.123. The van der Waals surface area contributed by atoms with Crippen molar-refractivity contribution in [2.24, 2.45) is 0 Å². The third-order valence-electron chi connectivity index (χ3n) is 5.07. The number of hydrogen-bond donors (Lipinski definition) is 1. The van der Waals surface area contributed by atoms with Crippen LogP contribution in [0, 0.1) is 3.70 Å². The monoisotopic (exact) mass is 567 g/mol. The molecule has 1 N–H and O–H groups in total. The van der Waals surface area contributed by atoms with E-state index in [1.54, 1.807) is 49.8 Å². The lowest BCUT2D eigenvalue weighted by atomic mass is 10.2. The highest BCUT2D eigenvalue weighted by molar-refractivity contribution is 14.1. The van der Waals surface area contributed by atoms with Crippen LogP contribution in [0.1, 0.15) is 23.2 Å². The molecule has 166 valence electrons. The Kier molecular flexibility index (Phi) is 7.90. The van der Waals surface area contributed by atoms with E-state index in [-0.39, 0.29) is 5.91 Å². The first-order valence-electron chi connectivity index (χ1n) is 10.3. The summed E-state index contributed by atoms with van der Waals surface area (Å²) in [6.45, 7) is 0.558. The fourth-order valence-electron chi connectivity index (χ4n) is 3.51. The lowest BCUT2D eigenvalue weighted by Gasteiger charge is -2.23. The van der Waals surface area contributed by atoms with Gasteiger partial charge in [0.1, 0.15) is 22.7 Å². The summed E-state index contributed by atoms with van der Waals surface area (Å²) < 4.78 is 0.851. The Morgan fingerprint density at radius 3 is 1.82 bits per heavy atom. The molecule has 4 heterocycles. The molecule has 4 aromatic heterocycles. The second-order valence-electron chi connectivity index (χ2n) is 7.07. The first-order valence-corrected chi connectivity index (χ1v) is 13.3. The molecule has 0 saturated heterocycles. The van der Waals surface area contributed by atoms with E-state index in [9.17, 15) is 4.79 Å². The molecule has 0 aliphatic heterocycles. The molecular weight excluding hydrogens is 546 g/mol. The number of rotatable bonds is 9. The van der Waals surface area contributed by atoms with Crippen molar-refractivity contribution in [1.82, 2.24) is 40.2 Å². The third kappa shape index (κ3) is 5.51. The van der Waals surface area contributed by atoms with Gasteiger partial charge in [0.25, 0.3) is 5.91 Å². The van der Waals surface area contributed by atoms with Crippen LogP contribution >= 0.6 is 29.9 Å². The number of amides is 1. The molecule has 0 unspecified atom stereocenters. The van der Waals surface area contributed by atoms with Crippen LogP contribution in [0.15, 0.2) is 74.1 Å². The summed E-state index contributed by atoms with van der Waals surface area (Å²) in [5.74, 6) is -0.123. The summed E-state index contributed by atoms with van der Waals surface area (Å²) in [6, 6.07) is 9.40. The summed E-state index contributed by atoms with van der Waals surface area (Å²) in [5, 5.41) is 2.98. The molecule has 0 atom stereocenters. The SMILES string of the molecule is O=C(NCCCC[P+](c1ccncn1)(c1ccncn1)c1ccncn1)c1ccc([123I])nc1. The summed E-state index contributed by atoms with van der Waals surface area (Å²) in [6.07, 6.45) is 13.9. The van der Waals surface area contributed by atoms with Crippen molar-refractivity contribution in [3.05, 3.63) is 83.4 Å². The Balaban J connectivity index is 1.53. The predicted molar refractivity (Wildman–Crippen MR) is 135 cm³/mol. The maximum atomic E-state index is 12.4. The molecule has 0 fully saturated rings. The standard InChI is InChI=1S/C22H20IN8OP/c23-18-4-3-17(13-28-18)22(32)27-8-1-2-12-33(19-5-9-24-14-29-19,20-6-10-25-15-30-20)21-7-11-26-16-31-21/h3-7,9-11,13-16H,1-2,8,12H2/p+1/i23-4. The van der Waals surface area contributed by atoms with Gasteiger partial charge in [-0.2, -0.15) is 0 Å². The second-order valence-corrected chi connectivity index (χ2v) is 11.6. The Labute approximate surface area is 205 Å². The van der Waals surface area contributed by atoms with Crippen LogP contribution in [-0.2, 0) is 0 Å². The Hall–Kier alpha value is -2.98. The Morgan fingerprint density at radius 2 is 1.36 bits per heavy atom. The highest BCUT2D eigenvalue weighted by atomic mass is 123. The number of halogens is 1. The molecule has 0 aliphatic rings. The van der Waals surface area contributed by atoms with Gasteiger partial charge in [-0.05, 0) is 47.6 Å². The van der Waals surface area contributed by atoms with Crippen molar-refractivity contribution in [1.29, 1.82) is 0 Å². The van der Waals surface area contributed by atoms with Gasteiger partial charge in [0, 0.05) is 49.5 Å². The fourth-order valence-corrected chi connectivity index (χ4v) is 7.63. The van der Waals surface area contributed by atoms with Gasteiger partial charge in [0.05, 0.1) is 11.7 Å². The molecule has 4 aromatic rings. The van der Waals surface area contributed by atoms with Crippen molar-refractivity contribution < 1.29 is 4.79 Å². The number of nitrogens with one attached hydrogen (secondary N) is 1. The van der Waals surface area contributed by atoms with Gasteiger partial charge in [-0.3, -0.25) is 4.79 Å². The Bertz CT molecular complexity index is 1070. The van der Waals surface area contributed by atoms with Crippen molar-refractivity contribution in [3.63, 3.8) is 0 Å². The van der Waals surface area contributed by atoms with Crippen LogP contribution < -0.4 is 21.6 Å². The molecule has 0 aliphatic carbocycles. The zero-order chi connectivity index (χ0) is 22.9. The molecule has 0 bridgehead atoms. The minimum atomic E-state index is -2.26. The largest absolute Gasteiger partial charge is 0.352 e. The van der Waals surface area contributed by atoms with Gasteiger partial charge in [0.2, 0.25) is 0 Å². The van der Waals surface area contributed by atoms with E-state index in [1.165, 1.54) is 0 Å². The van der Waals surface area contributed by atoms with Crippen LogP contribution in [0.4, 0.5) is 0 Å². The number of unbranched alkanes of at least 4 members (excludes halogenated alkanes) is 1. The minimum Gasteiger partial charge on any atom is -0.352 e. The number of aromatic nitrogens is 7. The highest BCUT2D eigenvalue weighted by Gasteiger charge is 2.49. The smallest absolute Gasteiger partial charge is 0.252 e. The number of carbonyl (C=O) groups excluding carboxylic acids is 1. The summed E-state index contributed by atoms with van der Waals surface area (Å²) in [7, 11) is -2.26. The van der Waals surface area contributed by atoms with Gasteiger partial charge in [0.15, 0.2) is 23.6 Å². The van der Waals surface area contributed by atoms with E-state index in [1.807, 2.05) is 24.3 Å². The normalized spacial score (nSPS) is 11.2. The van der Waals surface area contributed by atoms with Gasteiger partial charge < -0.3 is 5.32 Å². The van der Waals surface area contributed by atoms with E-state index in [0.717, 1.165) is 39.0 Å². The third-order valence-corrected chi connectivity index (χ3v) is 9.83. The Morgan fingerprint density at radius 1 is 0.788 bits per heavy atom. The predicted octanol–water partition coefficient (Wildman–Crippen LogP) is 1.56. The molecule has 0 spiro atoms. The van der Waals surface area contributed by atoms with E-state index in [0.29, 0.717) is 12.1 Å². The topological polar surface area (TPSA) is 119 Å². The van der Waals surface area contributed by atoms with Gasteiger partial charge in [-0.15, -0.1) is 0 Å². The van der Waals surface area contributed by atoms with E-state index < -0.39 is 7.26 Å². The maximum absolute atomic E-state index is 12.4. The zero-order valence-electron chi connectivity index (χ0n) is 17.6. The van der Waals surface area contributed by atoms with Crippen LogP contribution in [0.3, 0.4) is 0 Å². The van der Waals surface area contributed by atoms with E-state index in [4.69, 9.17) is 0 Å². The highest BCUT2D eigenvalue weighted by Crippen LogP contribution is 2.54. The first kappa shape index (κ1) is 23.2. The first-order chi connectivity index (χ1) is 16.2. The number of pyridine rings is 1. The van der Waals surface area contributed by atoms with Crippen molar-refractivity contribution in [3.8, 4) is 0 Å². The zero-order valence-corrected chi connectivity index (χ0v) is 20.7. The molecule has 1 amide bonds. The second kappa shape index (κ2) is 11.2. The number of hydrogen-bond acceptors (Lipinski definition) is 8. The maximum Gasteiger partial charge on any atom is 0.252 e. The molecule has 33 heavy (non-hydrogen) atoms. The van der Waals surface area contributed by atoms with Crippen LogP contribution in [0.2, 0.25) is 0 Å². The molecule has 0 saturated carbocycles. The van der Waals surface area contributed by atoms with Gasteiger partial charge >= 0.3 is 0 Å². The molecular formula is C22H21IN8OP+. The van der Waals surface area contributed by atoms with E-state index >= 15 is 0 Å². The van der Waals surface area contributed by atoms with Crippen LogP contribution in [0.25, 0.3) is 0 Å². The lowest BCUT2D eigenvalue weighted by molar-refractivity contribution is 0.0953. The van der Waals surface area contributed by atoms with Crippen molar-refractivity contribution in [2.45, 2.75) is 12.8 Å².